The first-order valence-electron chi connectivity index (χ1n) is 25.8. The van der Waals surface area contributed by atoms with E-state index in [-0.39, 0.29) is 31.1 Å². The number of unbranched alkanes of at least 4 members (excludes halogenated alkanes) is 17. The van der Waals surface area contributed by atoms with Crippen LogP contribution in [0, 0.1) is 0 Å². The van der Waals surface area contributed by atoms with E-state index in [0.29, 0.717) is 19.3 Å². The predicted molar refractivity (Wildman–Crippen MR) is 279 cm³/mol. The molecule has 0 bridgehead atoms. The molecule has 6 nitrogen and oxygen atoms in total. The van der Waals surface area contributed by atoms with E-state index in [4.69, 9.17) is 14.2 Å². The van der Waals surface area contributed by atoms with E-state index < -0.39 is 6.10 Å². The van der Waals surface area contributed by atoms with Crippen molar-refractivity contribution in [1.29, 1.82) is 0 Å². The van der Waals surface area contributed by atoms with Gasteiger partial charge in [0.25, 0.3) is 0 Å². The molecule has 0 aliphatic heterocycles. The van der Waals surface area contributed by atoms with Gasteiger partial charge in [0.1, 0.15) is 13.2 Å². The molecule has 0 aromatic carbocycles. The van der Waals surface area contributed by atoms with Crippen molar-refractivity contribution in [2.45, 2.75) is 207 Å². The molecule has 0 aliphatic carbocycles. The maximum atomic E-state index is 12.8. The van der Waals surface area contributed by atoms with Gasteiger partial charge in [-0.15, -0.1) is 0 Å². The smallest absolute Gasteiger partial charge is 0.306 e. The van der Waals surface area contributed by atoms with Crippen LogP contribution in [0.4, 0.5) is 0 Å². The molecule has 0 saturated carbocycles. The number of allylic oxidation sites excluding steroid dienone is 22. The molecule has 0 heterocycles. The Bertz CT molecular complexity index is 1450. The van der Waals surface area contributed by atoms with Crippen LogP contribution in [0.5, 0.6) is 0 Å². The van der Waals surface area contributed by atoms with E-state index in [9.17, 15) is 14.4 Å². The molecule has 0 amide bonds. The summed E-state index contributed by atoms with van der Waals surface area (Å²) < 4.78 is 16.8. The monoisotopic (exact) mass is 897 g/mol. The summed E-state index contributed by atoms with van der Waals surface area (Å²) in [6.45, 7) is 6.23. The van der Waals surface area contributed by atoms with E-state index in [1.807, 2.05) is 36.5 Å². The van der Waals surface area contributed by atoms with Gasteiger partial charge >= 0.3 is 17.9 Å². The minimum Gasteiger partial charge on any atom is -0.462 e. The highest BCUT2D eigenvalue weighted by molar-refractivity contribution is 5.71. The maximum absolute atomic E-state index is 12.8. The fourth-order valence-electron chi connectivity index (χ4n) is 6.48. The zero-order valence-corrected chi connectivity index (χ0v) is 41.4. The molecule has 1 atom stereocenters. The Hall–Kier alpha value is -4.45. The molecule has 0 saturated heterocycles. The summed E-state index contributed by atoms with van der Waals surface area (Å²) in [6, 6.07) is 0. The van der Waals surface area contributed by atoms with Gasteiger partial charge in [-0.1, -0.05) is 225 Å². The van der Waals surface area contributed by atoms with Crippen LogP contribution in [-0.2, 0) is 28.6 Å². The van der Waals surface area contributed by atoms with Crippen LogP contribution in [0.25, 0.3) is 0 Å². The van der Waals surface area contributed by atoms with Gasteiger partial charge in [0, 0.05) is 19.3 Å². The second-order valence-electron chi connectivity index (χ2n) is 16.5. The van der Waals surface area contributed by atoms with Crippen LogP contribution in [0.2, 0.25) is 0 Å². The lowest BCUT2D eigenvalue weighted by atomic mass is 10.1. The molecular formula is C59H92O6. The highest BCUT2D eigenvalue weighted by Gasteiger charge is 2.19. The number of hydrogen-bond acceptors (Lipinski definition) is 6. The van der Waals surface area contributed by atoms with Gasteiger partial charge in [-0.05, 0) is 89.9 Å². The Kier molecular flexibility index (Phi) is 48.6. The summed E-state index contributed by atoms with van der Waals surface area (Å²) in [7, 11) is 0. The van der Waals surface area contributed by atoms with E-state index in [1.54, 1.807) is 0 Å². The van der Waals surface area contributed by atoms with Crippen molar-refractivity contribution in [2.24, 2.45) is 0 Å². The molecule has 0 aliphatic rings. The van der Waals surface area contributed by atoms with E-state index in [0.717, 1.165) is 135 Å². The minimum atomic E-state index is -0.810. The summed E-state index contributed by atoms with van der Waals surface area (Å²) in [4.78, 5) is 38.0. The van der Waals surface area contributed by atoms with Gasteiger partial charge in [-0.3, -0.25) is 14.4 Å². The van der Waals surface area contributed by atoms with Gasteiger partial charge in [0.2, 0.25) is 0 Å². The zero-order valence-electron chi connectivity index (χ0n) is 41.4. The number of esters is 3. The van der Waals surface area contributed by atoms with Gasteiger partial charge < -0.3 is 14.2 Å². The van der Waals surface area contributed by atoms with Gasteiger partial charge in [0.15, 0.2) is 6.10 Å². The third-order valence-corrected chi connectivity index (χ3v) is 10.3. The van der Waals surface area contributed by atoms with Crippen molar-refractivity contribution >= 4 is 17.9 Å². The number of carbonyl (C=O) groups excluding carboxylic acids is 3. The summed E-state index contributed by atoms with van der Waals surface area (Å²) in [6.07, 6.45) is 72.8. The summed E-state index contributed by atoms with van der Waals surface area (Å²) in [5, 5.41) is 0. The standard InChI is InChI=1S/C59H92O6/c1-4-7-10-13-16-19-22-25-28-29-30-32-34-37-40-43-46-49-52-58(61)64-55-56(54-63-57(60)51-48-45-42-39-36-33-27-24-21-18-15-12-9-6-3)65-59(62)53-50-47-44-41-38-35-31-26-23-20-17-14-11-8-5-2/h8-14,16-23,25,27-30,32-33,56H,4-7,15,24,26,31,34-55H2,1-3H3/b11-8-,12-9-,13-10-,17-14-,19-16-,21-18-,23-20-,25-22-,29-28-,32-30-,33-27-. The molecule has 0 fully saturated rings. The molecule has 0 rings (SSSR count). The number of carbonyl (C=O) groups is 3. The average Bonchev–Trinajstić information content (AvgIpc) is 3.30. The van der Waals surface area contributed by atoms with Crippen LogP contribution in [-0.4, -0.2) is 37.2 Å². The zero-order chi connectivity index (χ0) is 47.2. The molecule has 0 aromatic heterocycles. The maximum Gasteiger partial charge on any atom is 0.306 e. The number of ether oxygens (including phenoxy) is 3. The van der Waals surface area contributed by atoms with Gasteiger partial charge in [0.05, 0.1) is 0 Å². The van der Waals surface area contributed by atoms with Crippen molar-refractivity contribution in [3.05, 3.63) is 134 Å². The van der Waals surface area contributed by atoms with Crippen LogP contribution in [0.15, 0.2) is 134 Å². The van der Waals surface area contributed by atoms with E-state index in [1.165, 1.54) is 25.7 Å². The first-order chi connectivity index (χ1) is 32.0. The van der Waals surface area contributed by atoms with Crippen molar-refractivity contribution in [3.63, 3.8) is 0 Å². The van der Waals surface area contributed by atoms with Crippen molar-refractivity contribution < 1.29 is 28.6 Å². The summed E-state index contributed by atoms with van der Waals surface area (Å²) >= 11 is 0. The third-order valence-electron chi connectivity index (χ3n) is 10.3. The summed E-state index contributed by atoms with van der Waals surface area (Å²) in [5.74, 6) is -0.976. The number of rotatable bonds is 44. The van der Waals surface area contributed by atoms with E-state index in [2.05, 4.69) is 118 Å². The first-order valence-corrected chi connectivity index (χ1v) is 25.8. The normalized spacial score (nSPS) is 13.2. The van der Waals surface area contributed by atoms with Crippen LogP contribution < -0.4 is 0 Å². The lowest BCUT2D eigenvalue weighted by Crippen LogP contribution is -2.30. The Morgan fingerprint density at radius 2 is 0.677 bits per heavy atom. The summed E-state index contributed by atoms with van der Waals surface area (Å²) in [5.41, 5.74) is 0. The van der Waals surface area contributed by atoms with Crippen molar-refractivity contribution in [2.75, 3.05) is 13.2 Å². The highest BCUT2D eigenvalue weighted by atomic mass is 16.6. The molecule has 0 aromatic rings. The molecule has 0 radical (unpaired) electrons. The molecule has 364 valence electrons. The molecule has 1 unspecified atom stereocenters. The second kappa shape index (κ2) is 52.2. The second-order valence-corrected chi connectivity index (χ2v) is 16.5. The Labute approximate surface area is 398 Å². The highest BCUT2D eigenvalue weighted by Crippen LogP contribution is 2.13. The van der Waals surface area contributed by atoms with E-state index >= 15 is 0 Å². The molecule has 0 N–H and O–H groups in total. The molecule has 6 heteroatoms. The SMILES string of the molecule is CC\C=C/C=C\C=C/CCCCCCCCCC(=O)OC(COC(=O)CCCCCC/C=C\C/C=C\C/C=C\CC)COC(=O)CCCCCCC\C=C/C=C\C=C/C=C\C=C/CCC. The van der Waals surface area contributed by atoms with Crippen molar-refractivity contribution in [3.8, 4) is 0 Å². The Morgan fingerprint density at radius 1 is 0.338 bits per heavy atom. The van der Waals surface area contributed by atoms with Gasteiger partial charge in [-0.2, -0.15) is 0 Å². The third kappa shape index (κ3) is 50.4. The molecule has 65 heavy (non-hydrogen) atoms. The quantitative estimate of drug-likeness (QED) is 0.0199. The fraction of sp³-hybridized carbons (Fsp3) is 0.576. The first kappa shape index (κ1) is 60.5. The molecular weight excluding hydrogens is 805 g/mol. The average molecular weight is 897 g/mol. The fourth-order valence-corrected chi connectivity index (χ4v) is 6.48. The van der Waals surface area contributed by atoms with Crippen LogP contribution in [0.1, 0.15) is 201 Å². The largest absolute Gasteiger partial charge is 0.462 e. The van der Waals surface area contributed by atoms with Crippen molar-refractivity contribution in [1.82, 2.24) is 0 Å². The lowest BCUT2D eigenvalue weighted by Gasteiger charge is -2.18. The number of hydrogen-bond donors (Lipinski definition) is 0. The topological polar surface area (TPSA) is 78.9 Å². The lowest BCUT2D eigenvalue weighted by molar-refractivity contribution is -0.167. The van der Waals surface area contributed by atoms with Crippen LogP contribution in [0.3, 0.4) is 0 Å². The molecule has 0 spiro atoms. The minimum absolute atomic E-state index is 0.108. The van der Waals surface area contributed by atoms with Crippen LogP contribution >= 0.6 is 0 Å². The predicted octanol–water partition coefficient (Wildman–Crippen LogP) is 17.1. The van der Waals surface area contributed by atoms with Gasteiger partial charge in [-0.25, -0.2) is 0 Å². The Balaban J connectivity index is 4.52. The Morgan fingerprint density at radius 3 is 1.12 bits per heavy atom.